The molecule has 0 saturated carbocycles. The third-order valence-electron chi connectivity index (χ3n) is 3.38. The van der Waals surface area contributed by atoms with Crippen molar-refractivity contribution < 1.29 is 8.81 Å². The first-order chi connectivity index (χ1) is 11.1. The Morgan fingerprint density at radius 3 is 2.71 bits per heavy atom. The Morgan fingerprint density at radius 1 is 1.29 bits per heavy atom. The van der Waals surface area contributed by atoms with E-state index in [0.717, 1.165) is 30.0 Å². The molecule has 7 heteroatoms. The molecule has 0 atom stereocenters. The Kier molecular flexibility index (Phi) is 8.73. The molecule has 0 unspecified atom stereocenters. The normalized spacial score (nSPS) is 11.1. The van der Waals surface area contributed by atoms with Crippen LogP contribution in [0.4, 0.5) is 4.39 Å². The van der Waals surface area contributed by atoms with Crippen LogP contribution in [0, 0.1) is 19.7 Å². The number of oxazole rings is 1. The summed E-state index contributed by atoms with van der Waals surface area (Å²) in [5.41, 5.74) is 1.84. The van der Waals surface area contributed by atoms with Crippen LogP contribution in [0.1, 0.15) is 29.8 Å². The molecular weight excluding hydrogens is 422 g/mol. The number of hydrogen-bond acceptors (Lipinski definition) is 3. The van der Waals surface area contributed by atoms with E-state index in [1.165, 1.54) is 6.07 Å². The number of nitrogens with one attached hydrogen (secondary N) is 2. The third kappa shape index (κ3) is 6.46. The lowest BCUT2D eigenvalue weighted by molar-refractivity contribution is 0.473. The zero-order valence-corrected chi connectivity index (χ0v) is 16.6. The van der Waals surface area contributed by atoms with E-state index in [4.69, 9.17) is 4.42 Å². The van der Waals surface area contributed by atoms with E-state index in [1.54, 1.807) is 12.1 Å². The first-order valence-electron chi connectivity index (χ1n) is 7.78. The number of halogens is 2. The molecule has 1 aromatic carbocycles. The van der Waals surface area contributed by atoms with Crippen LogP contribution < -0.4 is 10.6 Å². The minimum absolute atomic E-state index is 0. The molecule has 0 fully saturated rings. The molecule has 24 heavy (non-hydrogen) atoms. The van der Waals surface area contributed by atoms with Crippen molar-refractivity contribution in [2.75, 3.05) is 13.1 Å². The average molecular weight is 446 g/mol. The average Bonchev–Trinajstić information content (AvgIpc) is 2.83. The second-order valence-corrected chi connectivity index (χ2v) is 5.25. The summed E-state index contributed by atoms with van der Waals surface area (Å²) in [7, 11) is 0. The van der Waals surface area contributed by atoms with Crippen LogP contribution in [-0.4, -0.2) is 24.0 Å². The van der Waals surface area contributed by atoms with Gasteiger partial charge in [-0.3, -0.25) is 0 Å². The van der Waals surface area contributed by atoms with Crippen LogP contribution in [-0.2, 0) is 13.0 Å². The Balaban J connectivity index is 0.00000288. The quantitative estimate of drug-likeness (QED) is 0.406. The zero-order valence-electron chi connectivity index (χ0n) is 14.2. The number of guanidine groups is 1. The maximum absolute atomic E-state index is 13.1. The van der Waals surface area contributed by atoms with Gasteiger partial charge in [-0.15, -0.1) is 24.0 Å². The largest absolute Gasteiger partial charge is 0.444 e. The summed E-state index contributed by atoms with van der Waals surface area (Å²) in [6.07, 6.45) is 0.722. The second kappa shape index (κ2) is 10.3. The highest BCUT2D eigenvalue weighted by molar-refractivity contribution is 14.0. The van der Waals surface area contributed by atoms with Crippen LogP contribution in [0.15, 0.2) is 33.7 Å². The highest BCUT2D eigenvalue weighted by Gasteiger charge is 2.05. The summed E-state index contributed by atoms with van der Waals surface area (Å²) < 4.78 is 18.7. The van der Waals surface area contributed by atoms with E-state index >= 15 is 0 Å². The first-order valence-corrected chi connectivity index (χ1v) is 7.78. The summed E-state index contributed by atoms with van der Waals surface area (Å²) >= 11 is 0. The highest BCUT2D eigenvalue weighted by Crippen LogP contribution is 2.09. The van der Waals surface area contributed by atoms with Crippen molar-refractivity contribution in [2.24, 2.45) is 4.99 Å². The van der Waals surface area contributed by atoms with Gasteiger partial charge in [-0.1, -0.05) is 12.1 Å². The van der Waals surface area contributed by atoms with Gasteiger partial charge in [0.15, 0.2) is 5.96 Å². The van der Waals surface area contributed by atoms with Crippen LogP contribution in [0.5, 0.6) is 0 Å². The lowest BCUT2D eigenvalue weighted by Crippen LogP contribution is -2.38. The number of aromatic nitrogens is 1. The van der Waals surface area contributed by atoms with Gasteiger partial charge in [0, 0.05) is 13.1 Å². The van der Waals surface area contributed by atoms with Crippen LogP contribution >= 0.6 is 24.0 Å². The molecule has 2 aromatic rings. The zero-order chi connectivity index (χ0) is 16.7. The van der Waals surface area contributed by atoms with Crippen molar-refractivity contribution in [2.45, 2.75) is 33.7 Å². The van der Waals surface area contributed by atoms with Crippen molar-refractivity contribution in [1.82, 2.24) is 15.6 Å². The topological polar surface area (TPSA) is 62.5 Å². The van der Waals surface area contributed by atoms with E-state index in [2.05, 4.69) is 20.6 Å². The van der Waals surface area contributed by atoms with Crippen LogP contribution in [0.3, 0.4) is 0 Å². The van der Waals surface area contributed by atoms with Gasteiger partial charge in [0.2, 0.25) is 5.89 Å². The number of aryl methyl sites for hydroxylation is 2. The Labute approximate surface area is 159 Å². The monoisotopic (exact) mass is 446 g/mol. The molecule has 0 aliphatic carbocycles. The van der Waals surface area contributed by atoms with Crippen LogP contribution in [0.25, 0.3) is 0 Å². The minimum atomic E-state index is -0.210. The van der Waals surface area contributed by atoms with E-state index in [1.807, 2.05) is 26.8 Å². The molecule has 1 heterocycles. The molecule has 132 valence electrons. The molecule has 0 bridgehead atoms. The van der Waals surface area contributed by atoms with Crippen LogP contribution in [0.2, 0.25) is 0 Å². The summed E-state index contributed by atoms with van der Waals surface area (Å²) in [4.78, 5) is 8.76. The summed E-state index contributed by atoms with van der Waals surface area (Å²) in [6.45, 7) is 7.61. The molecule has 2 N–H and O–H groups in total. The molecule has 0 spiro atoms. The number of benzene rings is 1. The lowest BCUT2D eigenvalue weighted by Gasteiger charge is -2.10. The fraction of sp³-hybridized carbons (Fsp3) is 0.412. The number of hydrogen-bond donors (Lipinski definition) is 2. The molecular formula is C17H24FIN4O. The summed E-state index contributed by atoms with van der Waals surface area (Å²) in [5.74, 6) is 1.90. The molecule has 0 aliphatic heterocycles. The SMILES string of the molecule is CCNC(=NCc1nc(C)c(C)o1)NCCc1cccc(F)c1.I. The predicted molar refractivity (Wildman–Crippen MR) is 104 cm³/mol. The van der Waals surface area contributed by atoms with Gasteiger partial charge >= 0.3 is 0 Å². The van der Waals surface area contributed by atoms with Crippen molar-refractivity contribution >= 4 is 29.9 Å². The first kappa shape index (κ1) is 20.4. The molecule has 0 aliphatic rings. The Morgan fingerprint density at radius 2 is 2.08 bits per heavy atom. The fourth-order valence-electron chi connectivity index (χ4n) is 2.11. The van der Waals surface area contributed by atoms with Gasteiger partial charge in [-0.25, -0.2) is 14.4 Å². The van der Waals surface area contributed by atoms with Crippen molar-refractivity contribution in [3.05, 3.63) is 53.0 Å². The van der Waals surface area contributed by atoms with Crippen molar-refractivity contribution in [3.63, 3.8) is 0 Å². The molecule has 0 radical (unpaired) electrons. The minimum Gasteiger partial charge on any atom is -0.444 e. The lowest BCUT2D eigenvalue weighted by atomic mass is 10.1. The van der Waals surface area contributed by atoms with E-state index in [9.17, 15) is 4.39 Å². The van der Waals surface area contributed by atoms with Gasteiger partial charge in [0.25, 0.3) is 0 Å². The highest BCUT2D eigenvalue weighted by atomic mass is 127. The fourth-order valence-corrected chi connectivity index (χ4v) is 2.11. The number of aliphatic imine (C=N–C) groups is 1. The van der Waals surface area contributed by atoms with Gasteiger partial charge in [0.1, 0.15) is 18.1 Å². The van der Waals surface area contributed by atoms with Gasteiger partial charge < -0.3 is 15.1 Å². The number of rotatable bonds is 6. The molecule has 2 rings (SSSR count). The third-order valence-corrected chi connectivity index (χ3v) is 3.38. The number of nitrogens with zero attached hydrogens (tertiary/aromatic N) is 2. The van der Waals surface area contributed by atoms with E-state index in [-0.39, 0.29) is 29.8 Å². The molecule has 1 aromatic heterocycles. The molecule has 0 saturated heterocycles. The molecule has 0 amide bonds. The van der Waals surface area contributed by atoms with E-state index in [0.29, 0.717) is 24.9 Å². The standard InChI is InChI=1S/C17H23FN4O.HI/c1-4-19-17(21-11-16-22-12(2)13(3)23-16)20-9-8-14-6-5-7-15(18)10-14;/h5-7,10H,4,8-9,11H2,1-3H3,(H2,19,20,21);1H. The predicted octanol–water partition coefficient (Wildman–Crippen LogP) is 3.35. The van der Waals surface area contributed by atoms with Crippen molar-refractivity contribution in [3.8, 4) is 0 Å². The smallest absolute Gasteiger partial charge is 0.216 e. The maximum Gasteiger partial charge on any atom is 0.216 e. The summed E-state index contributed by atoms with van der Waals surface area (Å²) in [5, 5.41) is 6.39. The van der Waals surface area contributed by atoms with Gasteiger partial charge in [0.05, 0.1) is 5.69 Å². The maximum atomic E-state index is 13.1. The van der Waals surface area contributed by atoms with E-state index < -0.39 is 0 Å². The second-order valence-electron chi connectivity index (χ2n) is 5.25. The Hall–Kier alpha value is -1.64. The summed E-state index contributed by atoms with van der Waals surface area (Å²) in [6, 6.07) is 6.62. The van der Waals surface area contributed by atoms with Gasteiger partial charge in [-0.05, 0) is 44.9 Å². The van der Waals surface area contributed by atoms with Gasteiger partial charge in [-0.2, -0.15) is 0 Å². The molecule has 5 nitrogen and oxygen atoms in total. The Bertz CT molecular complexity index is 653. The van der Waals surface area contributed by atoms with Crippen molar-refractivity contribution in [1.29, 1.82) is 0 Å².